The number of rotatable bonds is 10. The fraction of sp³-hybridized carbons (Fsp3) is 0.700. The van der Waals surface area contributed by atoms with Crippen LogP contribution in [0.1, 0.15) is 33.6 Å². The molecule has 1 unspecified atom stereocenters. The Bertz CT molecular complexity index is 565. The highest BCUT2D eigenvalue weighted by atomic mass is 16.7. The van der Waals surface area contributed by atoms with Crippen molar-refractivity contribution < 1.29 is 33.3 Å². The lowest BCUT2D eigenvalue weighted by Gasteiger charge is -2.46. The summed E-state index contributed by atoms with van der Waals surface area (Å²) in [5.41, 5.74) is 0.356. The van der Waals surface area contributed by atoms with E-state index in [-0.39, 0.29) is 25.8 Å². The van der Waals surface area contributed by atoms with Crippen LogP contribution in [-0.2, 0) is 33.3 Å². The Hall–Kier alpha value is -1.54. The summed E-state index contributed by atoms with van der Waals surface area (Å²) in [6.45, 7) is 9.49. The van der Waals surface area contributed by atoms with E-state index in [1.54, 1.807) is 6.92 Å². The molecule has 27 heavy (non-hydrogen) atoms. The summed E-state index contributed by atoms with van der Waals surface area (Å²) in [6, 6.07) is 0. The number of hydrogen-bond donors (Lipinski definition) is 0. The molecule has 0 aromatic carbocycles. The van der Waals surface area contributed by atoms with Gasteiger partial charge in [0.25, 0.3) is 0 Å². The maximum atomic E-state index is 13.6. The Morgan fingerprint density at radius 3 is 2.30 bits per heavy atom. The SMILES string of the molecule is C=C(C)[C@@H]1C[C@@H](OCOC)[C@@](CC=C(C)C)(OCOC)C(=O)C1C(=O)OC. The topological polar surface area (TPSA) is 80.3 Å². The zero-order valence-electron chi connectivity index (χ0n) is 17.2. The van der Waals surface area contributed by atoms with Crippen molar-refractivity contribution in [1.82, 2.24) is 0 Å². The molecule has 4 atom stereocenters. The number of ketones is 1. The summed E-state index contributed by atoms with van der Waals surface area (Å²) in [4.78, 5) is 26.0. The number of allylic oxidation sites excluding steroid dienone is 2. The number of carbonyl (C=O) groups is 2. The fourth-order valence-electron chi connectivity index (χ4n) is 3.37. The quantitative estimate of drug-likeness (QED) is 0.248. The van der Waals surface area contributed by atoms with E-state index in [1.165, 1.54) is 21.3 Å². The van der Waals surface area contributed by atoms with E-state index in [9.17, 15) is 9.59 Å². The lowest BCUT2D eigenvalue weighted by Crippen LogP contribution is -2.62. The second-order valence-electron chi connectivity index (χ2n) is 7.04. The molecule has 7 heteroatoms. The lowest BCUT2D eigenvalue weighted by atomic mass is 9.65. The van der Waals surface area contributed by atoms with E-state index in [0.717, 1.165) is 5.57 Å². The van der Waals surface area contributed by atoms with Crippen molar-refractivity contribution in [2.75, 3.05) is 34.9 Å². The summed E-state index contributed by atoms with van der Waals surface area (Å²) in [5, 5.41) is 0. The third-order valence-corrected chi connectivity index (χ3v) is 4.81. The van der Waals surface area contributed by atoms with E-state index in [4.69, 9.17) is 23.7 Å². The Morgan fingerprint density at radius 1 is 1.19 bits per heavy atom. The molecular weight excluding hydrogens is 352 g/mol. The standard InChI is InChI=1S/C20H32O7/c1-13(2)8-9-20(27-12-24-6)16(26-11-23-5)10-15(14(3)4)17(18(20)21)19(22)25-7/h8,15-17H,3,9-12H2,1-2,4-7H3/t15-,16+,17?,20+/m0/s1. The molecule has 0 aliphatic heterocycles. The van der Waals surface area contributed by atoms with Crippen molar-refractivity contribution in [2.45, 2.75) is 45.3 Å². The zero-order chi connectivity index (χ0) is 20.6. The van der Waals surface area contributed by atoms with Crippen molar-refractivity contribution in [3.63, 3.8) is 0 Å². The molecule has 1 aliphatic rings. The van der Waals surface area contributed by atoms with Crippen molar-refractivity contribution >= 4 is 11.8 Å². The van der Waals surface area contributed by atoms with Gasteiger partial charge in [0.15, 0.2) is 11.4 Å². The Kier molecular flexibility index (Phi) is 9.32. The number of carbonyl (C=O) groups excluding carboxylic acids is 2. The highest BCUT2D eigenvalue weighted by molar-refractivity contribution is 6.05. The van der Waals surface area contributed by atoms with Gasteiger partial charge in [-0.05, 0) is 27.2 Å². The molecule has 0 spiro atoms. The predicted octanol–water partition coefficient (Wildman–Crippen LogP) is 2.65. The molecule has 0 radical (unpaired) electrons. The molecule has 0 aromatic rings. The Balaban J connectivity index is 3.47. The monoisotopic (exact) mass is 384 g/mol. The highest BCUT2D eigenvalue weighted by Crippen LogP contribution is 2.43. The predicted molar refractivity (Wildman–Crippen MR) is 99.9 cm³/mol. The van der Waals surface area contributed by atoms with Gasteiger partial charge in [-0.15, -0.1) is 0 Å². The van der Waals surface area contributed by atoms with E-state index in [0.29, 0.717) is 12.0 Å². The van der Waals surface area contributed by atoms with E-state index in [1.807, 2.05) is 19.9 Å². The largest absolute Gasteiger partial charge is 0.468 e. The zero-order valence-corrected chi connectivity index (χ0v) is 17.2. The second-order valence-corrected chi connectivity index (χ2v) is 7.04. The fourth-order valence-corrected chi connectivity index (χ4v) is 3.37. The van der Waals surface area contributed by atoms with Gasteiger partial charge < -0.3 is 23.7 Å². The van der Waals surface area contributed by atoms with Crippen molar-refractivity contribution in [2.24, 2.45) is 11.8 Å². The first-order valence-electron chi connectivity index (χ1n) is 8.89. The minimum Gasteiger partial charge on any atom is -0.468 e. The van der Waals surface area contributed by atoms with Crippen LogP contribution in [-0.4, -0.2) is 58.4 Å². The van der Waals surface area contributed by atoms with E-state index < -0.39 is 29.5 Å². The molecule has 0 heterocycles. The van der Waals surface area contributed by atoms with Crippen molar-refractivity contribution in [3.05, 3.63) is 23.8 Å². The summed E-state index contributed by atoms with van der Waals surface area (Å²) >= 11 is 0. The number of methoxy groups -OCH3 is 3. The van der Waals surface area contributed by atoms with Crippen molar-refractivity contribution in [3.8, 4) is 0 Å². The van der Waals surface area contributed by atoms with Gasteiger partial charge >= 0.3 is 5.97 Å². The maximum Gasteiger partial charge on any atom is 0.316 e. The van der Waals surface area contributed by atoms with Crippen LogP contribution < -0.4 is 0 Å². The van der Waals surface area contributed by atoms with Gasteiger partial charge in [0.05, 0.1) is 13.2 Å². The molecule has 0 bridgehead atoms. The second kappa shape index (κ2) is 10.7. The first-order valence-corrected chi connectivity index (χ1v) is 8.89. The molecule has 154 valence electrons. The minimum absolute atomic E-state index is 0.00331. The average Bonchev–Trinajstić information content (AvgIpc) is 2.63. The number of ether oxygens (including phenoxy) is 5. The smallest absolute Gasteiger partial charge is 0.316 e. The first kappa shape index (κ1) is 23.5. The normalized spacial score (nSPS) is 27.9. The molecule has 1 aliphatic carbocycles. The minimum atomic E-state index is -1.38. The van der Waals surface area contributed by atoms with Gasteiger partial charge in [-0.25, -0.2) is 0 Å². The number of Topliss-reactive ketones (excluding diaryl/α,β-unsaturated/α-hetero) is 1. The Morgan fingerprint density at radius 2 is 1.81 bits per heavy atom. The number of hydrogen-bond acceptors (Lipinski definition) is 7. The van der Waals surface area contributed by atoms with Crippen LogP contribution >= 0.6 is 0 Å². The van der Waals surface area contributed by atoms with E-state index >= 15 is 0 Å². The summed E-state index contributed by atoms with van der Waals surface area (Å²) in [7, 11) is 4.25. The maximum absolute atomic E-state index is 13.6. The van der Waals surface area contributed by atoms with Gasteiger partial charge in [0.1, 0.15) is 19.5 Å². The van der Waals surface area contributed by atoms with Crippen molar-refractivity contribution in [1.29, 1.82) is 0 Å². The van der Waals surface area contributed by atoms with Crippen LogP contribution in [0.4, 0.5) is 0 Å². The van der Waals surface area contributed by atoms with E-state index in [2.05, 4.69) is 6.58 Å². The van der Waals surface area contributed by atoms with Gasteiger partial charge in [-0.1, -0.05) is 23.8 Å². The molecule has 0 aromatic heterocycles. The highest BCUT2D eigenvalue weighted by Gasteiger charge is 2.58. The van der Waals surface area contributed by atoms with Gasteiger partial charge in [-0.2, -0.15) is 0 Å². The molecule has 1 saturated carbocycles. The molecule has 0 amide bonds. The average molecular weight is 384 g/mol. The van der Waals surface area contributed by atoms with Crippen LogP contribution in [0.3, 0.4) is 0 Å². The molecule has 7 nitrogen and oxygen atoms in total. The summed E-state index contributed by atoms with van der Waals surface area (Å²) in [5.74, 6) is -2.39. The van der Waals surface area contributed by atoms with Gasteiger partial charge in [-0.3, -0.25) is 9.59 Å². The van der Waals surface area contributed by atoms with Gasteiger partial charge in [0, 0.05) is 26.6 Å². The summed E-state index contributed by atoms with van der Waals surface area (Å²) in [6.07, 6.45) is 1.90. The first-order chi connectivity index (χ1) is 12.7. The van der Waals surface area contributed by atoms with Crippen LogP contribution in [0.2, 0.25) is 0 Å². The molecule has 1 fully saturated rings. The summed E-state index contributed by atoms with van der Waals surface area (Å²) < 4.78 is 26.8. The van der Waals surface area contributed by atoms with Gasteiger partial charge in [0.2, 0.25) is 0 Å². The molecule has 0 N–H and O–H groups in total. The third kappa shape index (κ3) is 5.48. The van der Waals surface area contributed by atoms with Crippen LogP contribution in [0.25, 0.3) is 0 Å². The lowest BCUT2D eigenvalue weighted by molar-refractivity contribution is -0.224. The molecule has 0 saturated heterocycles. The molecular formula is C20H32O7. The molecule has 1 rings (SSSR count). The Labute approximate surface area is 161 Å². The number of esters is 1. The third-order valence-electron chi connectivity index (χ3n) is 4.81. The van der Waals surface area contributed by atoms with Crippen LogP contribution in [0, 0.1) is 11.8 Å². The van der Waals surface area contributed by atoms with Crippen LogP contribution in [0.5, 0.6) is 0 Å². The van der Waals surface area contributed by atoms with Crippen LogP contribution in [0.15, 0.2) is 23.8 Å².